The molecule has 3 aromatic rings. The van der Waals surface area contributed by atoms with E-state index in [4.69, 9.17) is 16.3 Å². The maximum Gasteiger partial charge on any atom is 0.236 e. The number of carbonyl (C=O) groups excluding carboxylic acids is 1. The molecule has 4 rings (SSSR count). The minimum Gasteiger partial charge on any atom is -0.376 e. The fourth-order valence-electron chi connectivity index (χ4n) is 3.21. The van der Waals surface area contributed by atoms with E-state index in [1.165, 1.54) is 22.8 Å². The maximum atomic E-state index is 12.4. The lowest BCUT2D eigenvalue weighted by atomic mass is 10.2. The van der Waals surface area contributed by atoms with E-state index in [1.54, 1.807) is 23.5 Å². The third-order valence-corrected chi connectivity index (χ3v) is 6.99. The van der Waals surface area contributed by atoms with Crippen molar-refractivity contribution in [1.82, 2.24) is 19.7 Å². The van der Waals surface area contributed by atoms with Gasteiger partial charge in [0, 0.05) is 28.6 Å². The van der Waals surface area contributed by atoms with Crippen LogP contribution in [-0.4, -0.2) is 44.1 Å². The normalized spacial score (nSPS) is 16.1. The Bertz CT molecular complexity index is 999. The van der Waals surface area contributed by atoms with Crippen molar-refractivity contribution in [3.05, 3.63) is 39.7 Å². The number of hydrogen-bond acceptors (Lipinski definition) is 7. The number of amides is 1. The molecule has 0 saturated carbocycles. The molecular formula is C20H22ClN5O2S2. The molecule has 1 aliphatic rings. The molecule has 1 N–H and O–H groups in total. The van der Waals surface area contributed by atoms with Crippen LogP contribution in [0.4, 0.5) is 5.82 Å². The summed E-state index contributed by atoms with van der Waals surface area (Å²) in [6, 6.07) is 5.52. The zero-order valence-electron chi connectivity index (χ0n) is 16.5. The second-order valence-corrected chi connectivity index (χ2v) is 9.28. The molecule has 0 spiro atoms. The summed E-state index contributed by atoms with van der Waals surface area (Å²) in [6.45, 7) is 3.62. The number of halogens is 1. The van der Waals surface area contributed by atoms with Crippen molar-refractivity contribution < 1.29 is 9.53 Å². The van der Waals surface area contributed by atoms with Gasteiger partial charge in [-0.05, 0) is 37.5 Å². The van der Waals surface area contributed by atoms with Crippen LogP contribution in [0.3, 0.4) is 0 Å². The van der Waals surface area contributed by atoms with Gasteiger partial charge >= 0.3 is 0 Å². The summed E-state index contributed by atoms with van der Waals surface area (Å²) in [5, 5.41) is 14.9. The first-order valence-corrected chi connectivity index (χ1v) is 12.0. The molecule has 1 atom stereocenters. The molecule has 0 radical (unpaired) electrons. The summed E-state index contributed by atoms with van der Waals surface area (Å²) in [6.07, 6.45) is 4.73. The Kier molecular flexibility index (Phi) is 7.04. The van der Waals surface area contributed by atoms with Crippen LogP contribution in [0.25, 0.3) is 11.4 Å². The molecule has 3 aromatic heterocycles. The van der Waals surface area contributed by atoms with Crippen LogP contribution in [-0.2, 0) is 22.5 Å². The van der Waals surface area contributed by atoms with E-state index in [-0.39, 0.29) is 17.8 Å². The number of hydrogen-bond donors (Lipinski definition) is 1. The smallest absolute Gasteiger partial charge is 0.236 e. The van der Waals surface area contributed by atoms with Gasteiger partial charge in [-0.25, -0.2) is 4.98 Å². The maximum absolute atomic E-state index is 12.4. The lowest BCUT2D eigenvalue weighted by Gasteiger charge is -2.14. The fraction of sp³-hybridized carbons (Fsp3) is 0.400. The van der Waals surface area contributed by atoms with Gasteiger partial charge in [0.15, 0.2) is 11.0 Å². The van der Waals surface area contributed by atoms with E-state index in [9.17, 15) is 4.79 Å². The lowest BCUT2D eigenvalue weighted by Crippen LogP contribution is -2.18. The van der Waals surface area contributed by atoms with Crippen LogP contribution in [0.5, 0.6) is 0 Å². The molecule has 0 aromatic carbocycles. The first kappa shape index (κ1) is 21.3. The number of aromatic nitrogens is 4. The molecule has 4 heterocycles. The van der Waals surface area contributed by atoms with Crippen molar-refractivity contribution in [2.24, 2.45) is 0 Å². The Hall–Kier alpha value is -1.94. The molecule has 0 bridgehead atoms. The van der Waals surface area contributed by atoms with Crippen molar-refractivity contribution in [3.63, 3.8) is 0 Å². The zero-order chi connectivity index (χ0) is 20.9. The Morgan fingerprint density at radius 3 is 3.03 bits per heavy atom. The number of anilines is 1. The third-order valence-electron chi connectivity index (χ3n) is 4.71. The van der Waals surface area contributed by atoms with Crippen LogP contribution < -0.4 is 5.32 Å². The van der Waals surface area contributed by atoms with Crippen LogP contribution in [0.15, 0.2) is 34.9 Å². The van der Waals surface area contributed by atoms with E-state index in [1.807, 2.05) is 0 Å². The van der Waals surface area contributed by atoms with Crippen LogP contribution >= 0.6 is 34.7 Å². The van der Waals surface area contributed by atoms with Gasteiger partial charge in [0.05, 0.1) is 23.4 Å². The molecule has 1 fully saturated rings. The summed E-state index contributed by atoms with van der Waals surface area (Å²) in [5.41, 5.74) is 1.06. The van der Waals surface area contributed by atoms with Gasteiger partial charge in [0.1, 0.15) is 5.82 Å². The second kappa shape index (κ2) is 9.91. The van der Waals surface area contributed by atoms with Crippen molar-refractivity contribution in [3.8, 4) is 11.4 Å². The van der Waals surface area contributed by atoms with Gasteiger partial charge in [-0.2, -0.15) is 0 Å². The number of thioether (sulfide) groups is 1. The number of thiophene rings is 1. The highest BCUT2D eigenvalue weighted by Crippen LogP contribution is 2.29. The molecule has 7 nitrogen and oxygen atoms in total. The summed E-state index contributed by atoms with van der Waals surface area (Å²) in [5.74, 6) is 1.34. The standard InChI is InChI=1S/C20H22ClN5O2S2/c1-2-16-8-13(11-29-16)19-24-25-20(26(19)10-15-4-3-7-28-15)30-12-18(27)23-17-6-5-14(21)9-22-17/h5-6,8-9,11,15H,2-4,7,10,12H2,1H3,(H,22,23,27). The summed E-state index contributed by atoms with van der Waals surface area (Å²) in [7, 11) is 0. The minimum atomic E-state index is -0.160. The average Bonchev–Trinajstić information content (AvgIpc) is 3.49. The van der Waals surface area contributed by atoms with Crippen molar-refractivity contribution in [2.45, 2.75) is 44.0 Å². The Morgan fingerprint density at radius 1 is 1.43 bits per heavy atom. The van der Waals surface area contributed by atoms with E-state index < -0.39 is 0 Å². The SMILES string of the molecule is CCc1cc(-c2nnc(SCC(=O)Nc3ccc(Cl)cn3)n2CC2CCCO2)cs1. The Balaban J connectivity index is 1.48. The van der Waals surface area contributed by atoms with E-state index in [2.05, 4.69) is 43.4 Å². The molecule has 1 unspecified atom stereocenters. The number of ether oxygens (including phenoxy) is 1. The van der Waals surface area contributed by atoms with Crippen molar-refractivity contribution in [1.29, 1.82) is 0 Å². The van der Waals surface area contributed by atoms with Crippen LogP contribution in [0.2, 0.25) is 5.02 Å². The minimum absolute atomic E-state index is 0.149. The Morgan fingerprint density at radius 2 is 2.33 bits per heavy atom. The molecule has 30 heavy (non-hydrogen) atoms. The van der Waals surface area contributed by atoms with Gasteiger partial charge in [-0.15, -0.1) is 21.5 Å². The Labute approximate surface area is 188 Å². The second-order valence-electron chi connectivity index (χ2n) is 6.91. The third kappa shape index (κ3) is 5.21. The van der Waals surface area contributed by atoms with E-state index in [0.717, 1.165) is 37.3 Å². The monoisotopic (exact) mass is 463 g/mol. The van der Waals surface area contributed by atoms with Crippen LogP contribution in [0, 0.1) is 0 Å². The van der Waals surface area contributed by atoms with Gasteiger partial charge in [0.2, 0.25) is 5.91 Å². The lowest BCUT2D eigenvalue weighted by molar-refractivity contribution is -0.113. The molecular weight excluding hydrogens is 442 g/mol. The fourth-order valence-corrected chi connectivity index (χ4v) is 4.88. The largest absolute Gasteiger partial charge is 0.376 e. The molecule has 1 saturated heterocycles. The predicted molar refractivity (Wildman–Crippen MR) is 120 cm³/mol. The molecule has 1 amide bonds. The van der Waals surface area contributed by atoms with E-state index in [0.29, 0.717) is 22.5 Å². The van der Waals surface area contributed by atoms with Crippen molar-refractivity contribution in [2.75, 3.05) is 17.7 Å². The highest BCUT2D eigenvalue weighted by Gasteiger charge is 2.22. The topological polar surface area (TPSA) is 81.9 Å². The number of pyridine rings is 1. The summed E-state index contributed by atoms with van der Waals surface area (Å²) < 4.78 is 7.91. The molecule has 0 aliphatic carbocycles. The van der Waals surface area contributed by atoms with Gasteiger partial charge in [-0.1, -0.05) is 30.3 Å². The number of nitrogens with one attached hydrogen (secondary N) is 1. The summed E-state index contributed by atoms with van der Waals surface area (Å²) >= 11 is 8.92. The highest BCUT2D eigenvalue weighted by atomic mass is 35.5. The van der Waals surface area contributed by atoms with Gasteiger partial charge in [-0.3, -0.25) is 9.36 Å². The van der Waals surface area contributed by atoms with Crippen molar-refractivity contribution >= 4 is 46.4 Å². The highest BCUT2D eigenvalue weighted by molar-refractivity contribution is 7.99. The molecule has 10 heteroatoms. The number of rotatable bonds is 8. The predicted octanol–water partition coefficient (Wildman–Crippen LogP) is 4.53. The average molecular weight is 464 g/mol. The van der Waals surface area contributed by atoms with Gasteiger partial charge in [0.25, 0.3) is 0 Å². The number of nitrogens with zero attached hydrogens (tertiary/aromatic N) is 4. The van der Waals surface area contributed by atoms with E-state index >= 15 is 0 Å². The van der Waals surface area contributed by atoms with Crippen LogP contribution in [0.1, 0.15) is 24.6 Å². The summed E-state index contributed by atoms with van der Waals surface area (Å²) in [4.78, 5) is 17.8. The number of carbonyl (C=O) groups is 1. The molecule has 1 aliphatic heterocycles. The quantitative estimate of drug-likeness (QED) is 0.494. The zero-order valence-corrected chi connectivity index (χ0v) is 18.9. The first-order chi connectivity index (χ1) is 14.6. The first-order valence-electron chi connectivity index (χ1n) is 9.79. The number of aryl methyl sites for hydroxylation is 1. The molecule has 158 valence electrons. The van der Waals surface area contributed by atoms with Gasteiger partial charge < -0.3 is 10.1 Å².